The van der Waals surface area contributed by atoms with Gasteiger partial charge in [0.1, 0.15) is 0 Å². The van der Waals surface area contributed by atoms with Crippen molar-refractivity contribution in [3.05, 3.63) is 0 Å². The third-order valence-corrected chi connectivity index (χ3v) is 5.44. The summed E-state index contributed by atoms with van der Waals surface area (Å²) in [6, 6.07) is 1.15. The largest absolute Gasteiger partial charge is 0.481 e. The van der Waals surface area contributed by atoms with Crippen LogP contribution in [0.15, 0.2) is 0 Å². The van der Waals surface area contributed by atoms with E-state index in [1.54, 1.807) is 0 Å². The van der Waals surface area contributed by atoms with Gasteiger partial charge in [-0.05, 0) is 50.9 Å². The zero-order chi connectivity index (χ0) is 14.3. The first-order valence-electron chi connectivity index (χ1n) is 7.83. The highest BCUT2D eigenvalue weighted by molar-refractivity contribution is 5.76. The van der Waals surface area contributed by atoms with Crippen LogP contribution in [-0.2, 0) is 4.79 Å². The fourth-order valence-corrected chi connectivity index (χ4v) is 4.13. The van der Waals surface area contributed by atoms with Gasteiger partial charge in [0, 0.05) is 31.6 Å². The van der Waals surface area contributed by atoms with Crippen molar-refractivity contribution >= 4 is 12.0 Å². The Morgan fingerprint density at radius 2 is 1.75 bits per heavy atom. The van der Waals surface area contributed by atoms with Crippen LogP contribution in [0.25, 0.3) is 0 Å². The lowest BCUT2D eigenvalue weighted by atomic mass is 9.88. The van der Waals surface area contributed by atoms with Gasteiger partial charge in [-0.3, -0.25) is 4.79 Å². The van der Waals surface area contributed by atoms with Crippen LogP contribution in [0.2, 0.25) is 0 Å². The van der Waals surface area contributed by atoms with Crippen LogP contribution in [0.1, 0.15) is 51.4 Å². The Bertz CT molecular complexity index is 394. The molecule has 20 heavy (non-hydrogen) atoms. The maximum atomic E-state index is 12.7. The monoisotopic (exact) mass is 280 g/mol. The number of amides is 2. The van der Waals surface area contributed by atoms with Crippen LogP contribution in [0.4, 0.5) is 4.79 Å². The molecule has 0 aromatic carbocycles. The van der Waals surface area contributed by atoms with Crippen LogP contribution >= 0.6 is 0 Å². The van der Waals surface area contributed by atoms with Gasteiger partial charge in [0.2, 0.25) is 0 Å². The second-order valence-electron chi connectivity index (χ2n) is 6.71. The Kier molecular flexibility index (Phi) is 3.61. The summed E-state index contributed by atoms with van der Waals surface area (Å²) in [5.74, 6) is -0.455. The van der Waals surface area contributed by atoms with Crippen LogP contribution in [0, 0.1) is 5.92 Å². The fourth-order valence-electron chi connectivity index (χ4n) is 4.13. The van der Waals surface area contributed by atoms with Gasteiger partial charge in [-0.15, -0.1) is 0 Å². The van der Waals surface area contributed by atoms with Crippen LogP contribution in [0.5, 0.6) is 0 Å². The second-order valence-corrected chi connectivity index (χ2v) is 6.71. The van der Waals surface area contributed by atoms with Gasteiger partial charge < -0.3 is 14.9 Å². The molecule has 112 valence electrons. The molecule has 5 heteroatoms. The van der Waals surface area contributed by atoms with Gasteiger partial charge in [0.25, 0.3) is 0 Å². The molecule has 2 aliphatic heterocycles. The second kappa shape index (κ2) is 5.26. The Balaban J connectivity index is 1.64. The molecule has 3 aliphatic rings. The molecular weight excluding hydrogens is 256 g/mol. The van der Waals surface area contributed by atoms with E-state index >= 15 is 0 Å². The standard InChI is InChI=1S/C15H24N2O3/c1-16(11-3-2-4-11)15(20)17-12-5-6-13(17)8-10(7-12)9-14(18)19/h10-13H,2-9H2,1H3,(H,18,19). The molecular formula is C15H24N2O3. The summed E-state index contributed by atoms with van der Waals surface area (Å²) >= 11 is 0. The maximum absolute atomic E-state index is 12.7. The molecule has 0 radical (unpaired) electrons. The average molecular weight is 280 g/mol. The Morgan fingerprint density at radius 1 is 1.15 bits per heavy atom. The number of urea groups is 1. The topological polar surface area (TPSA) is 60.9 Å². The zero-order valence-corrected chi connectivity index (χ0v) is 12.1. The first-order valence-corrected chi connectivity index (χ1v) is 7.83. The Hall–Kier alpha value is -1.26. The van der Waals surface area contributed by atoms with Gasteiger partial charge in [0.05, 0.1) is 0 Å². The summed E-state index contributed by atoms with van der Waals surface area (Å²) in [5, 5.41) is 8.95. The van der Waals surface area contributed by atoms with Crippen molar-refractivity contribution in [2.24, 2.45) is 5.92 Å². The van der Waals surface area contributed by atoms with E-state index in [1.807, 2.05) is 11.9 Å². The lowest BCUT2D eigenvalue weighted by Gasteiger charge is -2.43. The molecule has 0 spiro atoms. The number of rotatable bonds is 3. The van der Waals surface area contributed by atoms with E-state index in [9.17, 15) is 9.59 Å². The SMILES string of the molecule is CN(C(=O)N1C2CCC1CC(CC(=O)O)C2)C1CCC1. The number of piperidine rings is 1. The minimum absolute atomic E-state index is 0.177. The van der Waals surface area contributed by atoms with Crippen molar-refractivity contribution in [1.82, 2.24) is 9.80 Å². The fraction of sp³-hybridized carbons (Fsp3) is 0.867. The van der Waals surface area contributed by atoms with E-state index in [2.05, 4.69) is 4.90 Å². The molecule has 3 rings (SSSR count). The van der Waals surface area contributed by atoms with Gasteiger partial charge >= 0.3 is 12.0 Å². The number of carbonyl (C=O) groups is 2. The molecule has 2 atom stereocenters. The van der Waals surface area contributed by atoms with Crippen molar-refractivity contribution in [3.63, 3.8) is 0 Å². The lowest BCUT2D eigenvalue weighted by Crippen LogP contribution is -2.54. The number of hydrogen-bond donors (Lipinski definition) is 1. The summed E-state index contributed by atoms with van der Waals surface area (Å²) in [7, 11) is 1.93. The molecule has 1 aliphatic carbocycles. The van der Waals surface area contributed by atoms with Crippen LogP contribution in [0.3, 0.4) is 0 Å². The molecule has 2 unspecified atom stereocenters. The average Bonchev–Trinajstić information content (AvgIpc) is 2.57. The van der Waals surface area contributed by atoms with E-state index in [1.165, 1.54) is 6.42 Å². The normalized spacial score (nSPS) is 32.9. The molecule has 1 N–H and O–H groups in total. The van der Waals surface area contributed by atoms with Crippen LogP contribution < -0.4 is 0 Å². The van der Waals surface area contributed by atoms with E-state index < -0.39 is 5.97 Å². The highest BCUT2D eigenvalue weighted by atomic mass is 16.4. The molecule has 2 bridgehead atoms. The molecule has 3 fully saturated rings. The maximum Gasteiger partial charge on any atom is 0.320 e. The summed E-state index contributed by atoms with van der Waals surface area (Å²) in [6.07, 6.45) is 7.58. The number of hydrogen-bond acceptors (Lipinski definition) is 2. The number of fused-ring (bicyclic) bond motifs is 2. The van der Waals surface area contributed by atoms with Gasteiger partial charge in [-0.25, -0.2) is 4.79 Å². The molecule has 1 saturated carbocycles. The summed E-state index contributed by atoms with van der Waals surface area (Å²) < 4.78 is 0. The minimum atomic E-state index is -0.708. The first kappa shape index (κ1) is 13.7. The minimum Gasteiger partial charge on any atom is -0.481 e. The van der Waals surface area contributed by atoms with E-state index in [-0.39, 0.29) is 30.5 Å². The predicted molar refractivity (Wildman–Crippen MR) is 74.4 cm³/mol. The number of carboxylic acids is 1. The zero-order valence-electron chi connectivity index (χ0n) is 12.1. The molecule has 2 amide bonds. The van der Waals surface area contributed by atoms with Crippen molar-refractivity contribution < 1.29 is 14.7 Å². The smallest absolute Gasteiger partial charge is 0.320 e. The van der Waals surface area contributed by atoms with Gasteiger partial charge in [-0.2, -0.15) is 0 Å². The number of carbonyl (C=O) groups excluding carboxylic acids is 1. The van der Waals surface area contributed by atoms with Gasteiger partial charge in [-0.1, -0.05) is 0 Å². The quantitative estimate of drug-likeness (QED) is 0.863. The summed E-state index contributed by atoms with van der Waals surface area (Å²) in [4.78, 5) is 27.5. The van der Waals surface area contributed by atoms with Crippen molar-refractivity contribution in [3.8, 4) is 0 Å². The van der Waals surface area contributed by atoms with Crippen molar-refractivity contribution in [2.45, 2.75) is 69.5 Å². The van der Waals surface area contributed by atoms with E-state index in [4.69, 9.17) is 5.11 Å². The van der Waals surface area contributed by atoms with Gasteiger partial charge in [0.15, 0.2) is 0 Å². The number of carboxylic acid groups (broad SMARTS) is 1. The third-order valence-electron chi connectivity index (χ3n) is 5.44. The molecule has 0 aromatic heterocycles. The molecule has 5 nitrogen and oxygen atoms in total. The van der Waals surface area contributed by atoms with E-state index in [0.29, 0.717) is 6.04 Å². The van der Waals surface area contributed by atoms with E-state index in [0.717, 1.165) is 38.5 Å². The molecule has 0 aromatic rings. The van der Waals surface area contributed by atoms with Crippen molar-refractivity contribution in [1.29, 1.82) is 0 Å². The lowest BCUT2D eigenvalue weighted by molar-refractivity contribution is -0.138. The number of nitrogens with zero attached hydrogens (tertiary/aromatic N) is 2. The summed E-state index contributed by atoms with van der Waals surface area (Å²) in [6.45, 7) is 0. The van der Waals surface area contributed by atoms with Crippen molar-refractivity contribution in [2.75, 3.05) is 7.05 Å². The molecule has 2 saturated heterocycles. The Morgan fingerprint density at radius 3 is 2.20 bits per heavy atom. The Labute approximate surface area is 119 Å². The highest BCUT2D eigenvalue weighted by Gasteiger charge is 2.45. The number of aliphatic carboxylic acids is 1. The third kappa shape index (κ3) is 2.38. The highest BCUT2D eigenvalue weighted by Crippen LogP contribution is 2.41. The first-order chi connectivity index (χ1) is 9.56. The summed E-state index contributed by atoms with van der Waals surface area (Å²) in [5.41, 5.74) is 0. The van der Waals surface area contributed by atoms with Crippen LogP contribution in [-0.4, -0.2) is 52.1 Å². The predicted octanol–water partition coefficient (Wildman–Crippen LogP) is 2.31. The molecule has 2 heterocycles.